The van der Waals surface area contributed by atoms with Crippen molar-refractivity contribution in [2.45, 2.75) is 58.3 Å². The molecule has 0 unspecified atom stereocenters. The van der Waals surface area contributed by atoms with Crippen molar-refractivity contribution >= 4 is 22.7 Å². The van der Waals surface area contributed by atoms with E-state index in [1.54, 1.807) is 22.7 Å². The standard InChI is InChI=1S/C15H22N2S2/c1-11-17-12(9-18-11)14(2,3)6-7-15(4,5)13-8-16-10-19-13/h8-10H,6-7H2,1-5H3. The molecule has 0 aliphatic carbocycles. The van der Waals surface area contributed by atoms with Crippen molar-refractivity contribution in [2.24, 2.45) is 0 Å². The van der Waals surface area contributed by atoms with Crippen molar-refractivity contribution in [2.75, 3.05) is 0 Å². The first-order chi connectivity index (χ1) is 8.81. The predicted octanol–water partition coefficient (Wildman–Crippen LogP) is 4.94. The smallest absolute Gasteiger partial charge is 0.0897 e. The Hall–Kier alpha value is -0.740. The van der Waals surface area contributed by atoms with E-state index >= 15 is 0 Å². The number of hydrogen-bond donors (Lipinski definition) is 0. The van der Waals surface area contributed by atoms with Gasteiger partial charge in [-0.1, -0.05) is 27.7 Å². The average Bonchev–Trinajstić information content (AvgIpc) is 2.97. The molecule has 0 aliphatic rings. The van der Waals surface area contributed by atoms with Crippen LogP contribution >= 0.6 is 22.7 Å². The summed E-state index contributed by atoms with van der Waals surface area (Å²) in [4.78, 5) is 10.2. The first-order valence-corrected chi connectivity index (χ1v) is 8.39. The molecule has 0 N–H and O–H groups in total. The zero-order chi connectivity index (χ0) is 14.1. The van der Waals surface area contributed by atoms with Gasteiger partial charge in [-0.3, -0.25) is 4.98 Å². The molecule has 19 heavy (non-hydrogen) atoms. The third-order valence-corrected chi connectivity index (χ3v) is 5.70. The van der Waals surface area contributed by atoms with Gasteiger partial charge in [0.05, 0.1) is 16.2 Å². The van der Waals surface area contributed by atoms with Gasteiger partial charge in [-0.2, -0.15) is 0 Å². The highest BCUT2D eigenvalue weighted by atomic mass is 32.1. The second kappa shape index (κ2) is 5.33. The summed E-state index contributed by atoms with van der Waals surface area (Å²) in [5.74, 6) is 0. The van der Waals surface area contributed by atoms with Crippen molar-refractivity contribution in [3.63, 3.8) is 0 Å². The number of hydrogen-bond acceptors (Lipinski definition) is 4. The third kappa shape index (κ3) is 3.42. The average molecular weight is 294 g/mol. The van der Waals surface area contributed by atoms with E-state index < -0.39 is 0 Å². The fraction of sp³-hybridized carbons (Fsp3) is 0.600. The lowest BCUT2D eigenvalue weighted by atomic mass is 9.77. The van der Waals surface area contributed by atoms with E-state index in [4.69, 9.17) is 0 Å². The summed E-state index contributed by atoms with van der Waals surface area (Å²) >= 11 is 3.50. The van der Waals surface area contributed by atoms with Crippen LogP contribution in [0.5, 0.6) is 0 Å². The molecule has 0 aliphatic heterocycles. The summed E-state index contributed by atoms with van der Waals surface area (Å²) in [7, 11) is 0. The monoisotopic (exact) mass is 294 g/mol. The number of rotatable bonds is 5. The first kappa shape index (κ1) is 14.7. The summed E-state index contributed by atoms with van der Waals surface area (Å²) in [6, 6.07) is 0. The Balaban J connectivity index is 2.05. The van der Waals surface area contributed by atoms with Crippen LogP contribution in [-0.2, 0) is 10.8 Å². The van der Waals surface area contributed by atoms with Crippen LogP contribution in [0.2, 0.25) is 0 Å². The van der Waals surface area contributed by atoms with Gasteiger partial charge < -0.3 is 0 Å². The van der Waals surface area contributed by atoms with E-state index in [-0.39, 0.29) is 10.8 Å². The minimum Gasteiger partial charge on any atom is -0.253 e. The van der Waals surface area contributed by atoms with E-state index in [1.807, 2.05) is 11.7 Å². The molecule has 2 rings (SSSR count). The van der Waals surface area contributed by atoms with Crippen molar-refractivity contribution in [3.8, 4) is 0 Å². The zero-order valence-corrected chi connectivity index (χ0v) is 14.0. The SMILES string of the molecule is Cc1nc(C(C)(C)CCC(C)(C)c2cncs2)cs1. The highest BCUT2D eigenvalue weighted by Gasteiger charge is 2.29. The molecule has 4 heteroatoms. The lowest BCUT2D eigenvalue weighted by Gasteiger charge is -2.29. The van der Waals surface area contributed by atoms with Crippen molar-refractivity contribution in [3.05, 3.63) is 32.7 Å². The highest BCUT2D eigenvalue weighted by molar-refractivity contribution is 7.09. The first-order valence-electron chi connectivity index (χ1n) is 6.63. The third-order valence-electron chi connectivity index (χ3n) is 3.79. The van der Waals surface area contributed by atoms with Crippen molar-refractivity contribution in [1.82, 2.24) is 9.97 Å². The molecule has 2 aromatic rings. The molecule has 0 radical (unpaired) electrons. The van der Waals surface area contributed by atoms with Crippen LogP contribution in [0.3, 0.4) is 0 Å². The summed E-state index contributed by atoms with van der Waals surface area (Å²) in [5.41, 5.74) is 3.50. The van der Waals surface area contributed by atoms with Crippen LogP contribution < -0.4 is 0 Å². The van der Waals surface area contributed by atoms with E-state index in [1.165, 1.54) is 10.6 Å². The second-order valence-corrected chi connectivity index (χ2v) is 8.33. The fourth-order valence-corrected chi connectivity index (χ4v) is 3.68. The van der Waals surface area contributed by atoms with Crippen LogP contribution in [0.25, 0.3) is 0 Å². The molecular formula is C15H22N2S2. The van der Waals surface area contributed by atoms with Gasteiger partial charge in [-0.05, 0) is 19.8 Å². The molecule has 0 spiro atoms. The fourth-order valence-electron chi connectivity index (χ4n) is 2.10. The predicted molar refractivity (Wildman–Crippen MR) is 84.3 cm³/mol. The molecule has 0 saturated carbocycles. The van der Waals surface area contributed by atoms with E-state index in [9.17, 15) is 0 Å². The van der Waals surface area contributed by atoms with Crippen LogP contribution in [0, 0.1) is 6.92 Å². The van der Waals surface area contributed by atoms with Gasteiger partial charge in [0, 0.05) is 27.3 Å². The number of aromatic nitrogens is 2. The Morgan fingerprint density at radius 2 is 1.74 bits per heavy atom. The van der Waals surface area contributed by atoms with Gasteiger partial charge in [0.2, 0.25) is 0 Å². The lowest BCUT2D eigenvalue weighted by molar-refractivity contribution is 0.373. The Morgan fingerprint density at radius 1 is 1.05 bits per heavy atom. The minimum atomic E-state index is 0.146. The summed E-state index contributed by atoms with van der Waals surface area (Å²) in [5, 5.41) is 3.36. The highest BCUT2D eigenvalue weighted by Crippen LogP contribution is 2.37. The molecule has 104 valence electrons. The maximum Gasteiger partial charge on any atom is 0.0897 e. The topological polar surface area (TPSA) is 25.8 Å². The molecule has 0 atom stereocenters. The summed E-state index contributed by atoms with van der Waals surface area (Å²) in [6.07, 6.45) is 4.30. The zero-order valence-electron chi connectivity index (χ0n) is 12.4. The molecule has 2 heterocycles. The van der Waals surface area contributed by atoms with E-state index in [0.29, 0.717) is 0 Å². The molecule has 0 fully saturated rings. The molecule has 0 amide bonds. The van der Waals surface area contributed by atoms with Crippen LogP contribution in [-0.4, -0.2) is 9.97 Å². The molecule has 0 aromatic carbocycles. The Labute approximate surface area is 123 Å². The maximum absolute atomic E-state index is 4.65. The Kier molecular flexibility index (Phi) is 4.11. The van der Waals surface area contributed by atoms with Crippen molar-refractivity contribution in [1.29, 1.82) is 0 Å². The van der Waals surface area contributed by atoms with Gasteiger partial charge in [-0.25, -0.2) is 4.98 Å². The van der Waals surface area contributed by atoms with Crippen molar-refractivity contribution < 1.29 is 0 Å². The molecular weight excluding hydrogens is 272 g/mol. The quantitative estimate of drug-likeness (QED) is 0.780. The van der Waals surface area contributed by atoms with Gasteiger partial charge in [0.15, 0.2) is 0 Å². The van der Waals surface area contributed by atoms with Gasteiger partial charge in [-0.15, -0.1) is 22.7 Å². The molecule has 2 nitrogen and oxygen atoms in total. The maximum atomic E-state index is 4.65. The summed E-state index contributed by atoms with van der Waals surface area (Å²) in [6.45, 7) is 11.3. The van der Waals surface area contributed by atoms with Crippen LogP contribution in [0.15, 0.2) is 17.1 Å². The molecule has 2 aromatic heterocycles. The Morgan fingerprint density at radius 3 is 2.26 bits per heavy atom. The normalized spacial score (nSPS) is 12.9. The summed E-state index contributed by atoms with van der Waals surface area (Å²) < 4.78 is 0. The van der Waals surface area contributed by atoms with Gasteiger partial charge in [0.1, 0.15) is 0 Å². The molecule has 0 saturated heterocycles. The van der Waals surface area contributed by atoms with E-state index in [2.05, 4.69) is 50.0 Å². The number of thiazole rings is 2. The Bertz CT molecular complexity index is 524. The van der Waals surface area contributed by atoms with Gasteiger partial charge in [0.25, 0.3) is 0 Å². The van der Waals surface area contributed by atoms with Crippen LogP contribution in [0.4, 0.5) is 0 Å². The lowest BCUT2D eigenvalue weighted by Crippen LogP contribution is -2.24. The minimum absolute atomic E-state index is 0.146. The number of nitrogens with zero attached hydrogens (tertiary/aromatic N) is 2. The largest absolute Gasteiger partial charge is 0.253 e. The van der Waals surface area contributed by atoms with Crippen LogP contribution in [0.1, 0.15) is 56.1 Å². The second-order valence-electron chi connectivity index (χ2n) is 6.39. The molecule has 0 bridgehead atoms. The van der Waals surface area contributed by atoms with Gasteiger partial charge >= 0.3 is 0 Å². The number of aryl methyl sites for hydroxylation is 1. The van der Waals surface area contributed by atoms with E-state index in [0.717, 1.165) is 17.8 Å².